The summed E-state index contributed by atoms with van der Waals surface area (Å²) >= 11 is 0. The molecule has 1 N–H and O–H groups in total. The third kappa shape index (κ3) is 2.82. The van der Waals surface area contributed by atoms with Crippen molar-refractivity contribution < 1.29 is 9.90 Å². The van der Waals surface area contributed by atoms with E-state index in [1.165, 1.54) is 6.92 Å². The first kappa shape index (κ1) is 10.7. The van der Waals surface area contributed by atoms with E-state index in [-0.39, 0.29) is 5.78 Å². The lowest BCUT2D eigenvalue weighted by molar-refractivity contribution is -0.114. The molecule has 0 spiro atoms. The molecule has 1 aromatic rings. The highest BCUT2D eigenvalue weighted by Gasteiger charge is 2.09. The van der Waals surface area contributed by atoms with Crippen molar-refractivity contribution in [2.75, 3.05) is 0 Å². The van der Waals surface area contributed by atoms with E-state index in [0.717, 1.165) is 5.56 Å². The maximum Gasteiger partial charge on any atom is 0.158 e. The van der Waals surface area contributed by atoms with Gasteiger partial charge >= 0.3 is 0 Å². The summed E-state index contributed by atoms with van der Waals surface area (Å²) in [6, 6.07) is 9.49. The van der Waals surface area contributed by atoms with Crippen molar-refractivity contribution in [3.63, 3.8) is 0 Å². The minimum Gasteiger partial charge on any atom is -0.389 e. The summed E-state index contributed by atoms with van der Waals surface area (Å²) in [5.41, 5.74) is 1.37. The summed E-state index contributed by atoms with van der Waals surface area (Å²) in [4.78, 5) is 11.2. The number of hydrogen-bond donors (Lipinski definition) is 1. The van der Waals surface area contributed by atoms with Crippen molar-refractivity contribution in [3.05, 3.63) is 41.5 Å². The van der Waals surface area contributed by atoms with Crippen LogP contribution in [0.4, 0.5) is 0 Å². The number of Topliss-reactive ketones (excluding diaryl/α,β-unsaturated/α-hetero) is 1. The standard InChI is InChI=1S/C12H14O2/c1-9(13)12(10(2)14)8-11-6-4-3-5-7-11/h3-9,13H,1-2H3/b12-8+/t9-/m0/s1. The van der Waals surface area contributed by atoms with E-state index in [4.69, 9.17) is 0 Å². The Hall–Kier alpha value is -1.41. The lowest BCUT2D eigenvalue weighted by Crippen LogP contribution is -2.11. The number of aliphatic hydroxyl groups is 1. The van der Waals surface area contributed by atoms with Crippen molar-refractivity contribution in [2.45, 2.75) is 20.0 Å². The van der Waals surface area contributed by atoms with Crippen LogP contribution in [0.15, 0.2) is 35.9 Å². The molecule has 2 heteroatoms. The van der Waals surface area contributed by atoms with Gasteiger partial charge in [0.15, 0.2) is 5.78 Å². The minimum atomic E-state index is -0.715. The molecule has 0 aliphatic rings. The SMILES string of the molecule is CC(=O)/C(=C/c1ccccc1)[C@H](C)O. The number of benzene rings is 1. The van der Waals surface area contributed by atoms with Gasteiger partial charge in [-0.25, -0.2) is 0 Å². The summed E-state index contributed by atoms with van der Waals surface area (Å²) in [7, 11) is 0. The van der Waals surface area contributed by atoms with Crippen molar-refractivity contribution in [1.29, 1.82) is 0 Å². The Morgan fingerprint density at radius 1 is 1.36 bits per heavy atom. The maximum absolute atomic E-state index is 11.2. The molecule has 0 bridgehead atoms. The summed E-state index contributed by atoms with van der Waals surface area (Å²) in [5.74, 6) is -0.0937. The molecule has 0 aliphatic carbocycles. The number of hydrogen-bond acceptors (Lipinski definition) is 2. The second-order valence-electron chi connectivity index (χ2n) is 3.24. The molecule has 2 nitrogen and oxygen atoms in total. The Morgan fingerprint density at radius 3 is 2.36 bits per heavy atom. The van der Waals surface area contributed by atoms with Gasteiger partial charge in [-0.15, -0.1) is 0 Å². The van der Waals surface area contributed by atoms with E-state index in [9.17, 15) is 9.90 Å². The van der Waals surface area contributed by atoms with Gasteiger partial charge in [0, 0.05) is 5.57 Å². The molecule has 0 unspecified atom stereocenters. The number of rotatable bonds is 3. The maximum atomic E-state index is 11.2. The van der Waals surface area contributed by atoms with E-state index in [0.29, 0.717) is 5.57 Å². The average Bonchev–Trinajstić information content (AvgIpc) is 2.15. The lowest BCUT2D eigenvalue weighted by Gasteiger charge is -2.06. The molecule has 14 heavy (non-hydrogen) atoms. The fourth-order valence-corrected chi connectivity index (χ4v) is 1.25. The molecule has 0 aromatic heterocycles. The molecule has 0 saturated heterocycles. The fourth-order valence-electron chi connectivity index (χ4n) is 1.25. The van der Waals surface area contributed by atoms with Gasteiger partial charge in [0.1, 0.15) is 0 Å². The van der Waals surface area contributed by atoms with Crippen molar-refractivity contribution in [3.8, 4) is 0 Å². The van der Waals surface area contributed by atoms with Gasteiger partial charge in [0.2, 0.25) is 0 Å². The number of ketones is 1. The van der Waals surface area contributed by atoms with Gasteiger partial charge in [-0.3, -0.25) is 4.79 Å². The van der Waals surface area contributed by atoms with Crippen LogP contribution < -0.4 is 0 Å². The number of aliphatic hydroxyl groups excluding tert-OH is 1. The van der Waals surface area contributed by atoms with Crippen LogP contribution in [-0.4, -0.2) is 17.0 Å². The van der Waals surface area contributed by atoms with Crippen molar-refractivity contribution >= 4 is 11.9 Å². The third-order valence-corrected chi connectivity index (χ3v) is 1.98. The van der Waals surface area contributed by atoms with Crippen LogP contribution in [-0.2, 0) is 4.79 Å². The monoisotopic (exact) mass is 190 g/mol. The van der Waals surface area contributed by atoms with Crippen LogP contribution in [0.3, 0.4) is 0 Å². The predicted octanol–water partition coefficient (Wildman–Crippen LogP) is 2.04. The average molecular weight is 190 g/mol. The van der Waals surface area contributed by atoms with Crippen LogP contribution in [0.1, 0.15) is 19.4 Å². The second kappa shape index (κ2) is 4.72. The van der Waals surface area contributed by atoms with E-state index >= 15 is 0 Å². The Bertz CT molecular complexity index is 337. The van der Waals surface area contributed by atoms with Crippen LogP contribution >= 0.6 is 0 Å². The highest BCUT2D eigenvalue weighted by molar-refractivity contribution is 5.98. The largest absolute Gasteiger partial charge is 0.389 e. The zero-order valence-electron chi connectivity index (χ0n) is 8.40. The smallest absolute Gasteiger partial charge is 0.158 e. The van der Waals surface area contributed by atoms with Crippen LogP contribution in [0.2, 0.25) is 0 Å². The summed E-state index contributed by atoms with van der Waals surface area (Å²) < 4.78 is 0. The van der Waals surface area contributed by atoms with Gasteiger partial charge in [-0.2, -0.15) is 0 Å². The van der Waals surface area contributed by atoms with Gasteiger partial charge in [0.25, 0.3) is 0 Å². The van der Waals surface area contributed by atoms with Crippen LogP contribution in [0, 0.1) is 0 Å². The number of carbonyl (C=O) groups is 1. The summed E-state index contributed by atoms with van der Waals surface area (Å²) in [5, 5.41) is 9.35. The molecule has 1 aromatic carbocycles. The predicted molar refractivity (Wildman–Crippen MR) is 56.8 cm³/mol. The first-order valence-electron chi connectivity index (χ1n) is 4.57. The Morgan fingerprint density at radius 2 is 1.93 bits per heavy atom. The van der Waals surface area contributed by atoms with Crippen LogP contribution in [0.5, 0.6) is 0 Å². The normalized spacial score (nSPS) is 13.8. The Kier molecular flexibility index (Phi) is 3.60. The molecule has 0 amide bonds. The zero-order chi connectivity index (χ0) is 10.6. The quantitative estimate of drug-likeness (QED) is 0.740. The van der Waals surface area contributed by atoms with Gasteiger partial charge in [-0.1, -0.05) is 30.3 Å². The Balaban J connectivity index is 3.00. The number of carbonyl (C=O) groups excluding carboxylic acids is 1. The van der Waals surface area contributed by atoms with Crippen LogP contribution in [0.25, 0.3) is 6.08 Å². The molecule has 1 atom stereocenters. The molecule has 0 aliphatic heterocycles. The lowest BCUT2D eigenvalue weighted by atomic mass is 10.0. The topological polar surface area (TPSA) is 37.3 Å². The molecule has 0 fully saturated rings. The Labute approximate surface area is 83.9 Å². The molecule has 74 valence electrons. The highest BCUT2D eigenvalue weighted by atomic mass is 16.3. The first-order valence-corrected chi connectivity index (χ1v) is 4.57. The summed E-state index contributed by atoms with van der Waals surface area (Å²) in [6.45, 7) is 3.05. The second-order valence-corrected chi connectivity index (χ2v) is 3.24. The molecular weight excluding hydrogens is 176 g/mol. The van der Waals surface area contributed by atoms with Crippen molar-refractivity contribution in [2.24, 2.45) is 0 Å². The third-order valence-electron chi connectivity index (χ3n) is 1.98. The van der Waals surface area contributed by atoms with E-state index in [2.05, 4.69) is 0 Å². The van der Waals surface area contributed by atoms with E-state index in [1.807, 2.05) is 30.3 Å². The van der Waals surface area contributed by atoms with Gasteiger partial charge in [0.05, 0.1) is 6.10 Å². The molecule has 0 radical (unpaired) electrons. The highest BCUT2D eigenvalue weighted by Crippen LogP contribution is 2.10. The van der Waals surface area contributed by atoms with Gasteiger partial charge < -0.3 is 5.11 Å². The molecule has 0 saturated carbocycles. The van der Waals surface area contributed by atoms with Crippen molar-refractivity contribution in [1.82, 2.24) is 0 Å². The summed E-state index contributed by atoms with van der Waals surface area (Å²) in [6.07, 6.45) is 1.00. The van der Waals surface area contributed by atoms with E-state index in [1.54, 1.807) is 13.0 Å². The molecule has 0 heterocycles. The van der Waals surface area contributed by atoms with E-state index < -0.39 is 6.10 Å². The minimum absolute atomic E-state index is 0.0937. The molecular formula is C12H14O2. The first-order chi connectivity index (χ1) is 6.61. The zero-order valence-corrected chi connectivity index (χ0v) is 8.40. The molecule has 1 rings (SSSR count). The van der Waals surface area contributed by atoms with Gasteiger partial charge in [-0.05, 0) is 25.5 Å². The fraction of sp³-hybridized carbons (Fsp3) is 0.250.